The van der Waals surface area contributed by atoms with Crippen molar-refractivity contribution < 1.29 is 19.2 Å². The Bertz CT molecular complexity index is 783. The molecular weight excluding hydrogens is 400 g/mol. The van der Waals surface area contributed by atoms with Crippen molar-refractivity contribution in [2.24, 2.45) is 0 Å². The highest BCUT2D eigenvalue weighted by molar-refractivity contribution is 7.98. The molecule has 0 saturated heterocycles. The third-order valence-electron chi connectivity index (χ3n) is 3.11. The molecule has 0 radical (unpaired) electrons. The number of nitrogens with one attached hydrogen (secondary N) is 1. The van der Waals surface area contributed by atoms with Crippen LogP contribution in [0, 0.1) is 10.1 Å². The summed E-state index contributed by atoms with van der Waals surface area (Å²) >= 11 is 9.06. The molecule has 0 spiro atoms. The molecule has 0 saturated carbocycles. The molecular formula is C16H15ClN2O5S2. The van der Waals surface area contributed by atoms with Crippen LogP contribution in [0.2, 0.25) is 5.02 Å². The maximum absolute atomic E-state index is 11.9. The minimum absolute atomic E-state index is 0.0413. The number of thiophene rings is 1. The third kappa shape index (κ3) is 6.32. The van der Waals surface area contributed by atoms with E-state index in [0.29, 0.717) is 6.54 Å². The highest BCUT2D eigenvalue weighted by atomic mass is 35.5. The number of hydrogen-bond acceptors (Lipinski definition) is 7. The van der Waals surface area contributed by atoms with Gasteiger partial charge in [0.2, 0.25) is 0 Å². The number of nitro groups is 1. The average Bonchev–Trinajstić information content (AvgIpc) is 3.13. The number of carbonyl (C=O) groups is 2. The Kier molecular flexibility index (Phi) is 7.89. The van der Waals surface area contributed by atoms with Crippen molar-refractivity contribution in [3.05, 3.63) is 61.3 Å². The molecule has 0 fully saturated rings. The van der Waals surface area contributed by atoms with Crippen LogP contribution in [0.3, 0.4) is 0 Å². The van der Waals surface area contributed by atoms with Gasteiger partial charge in [-0.1, -0.05) is 17.7 Å². The maximum Gasteiger partial charge on any atom is 0.338 e. The zero-order valence-electron chi connectivity index (χ0n) is 13.5. The van der Waals surface area contributed by atoms with Gasteiger partial charge in [0.1, 0.15) is 5.02 Å². The summed E-state index contributed by atoms with van der Waals surface area (Å²) in [5.41, 5.74) is -0.436. The maximum atomic E-state index is 11.9. The number of halogens is 1. The zero-order valence-corrected chi connectivity index (χ0v) is 15.9. The molecule has 1 amide bonds. The summed E-state index contributed by atoms with van der Waals surface area (Å²) in [6, 6.07) is 7.60. The number of nitro benzene ring substituents is 1. The molecule has 0 aliphatic carbocycles. The molecule has 26 heavy (non-hydrogen) atoms. The molecule has 0 aliphatic heterocycles. The van der Waals surface area contributed by atoms with E-state index in [2.05, 4.69) is 11.4 Å². The second kappa shape index (κ2) is 10.1. The van der Waals surface area contributed by atoms with Crippen LogP contribution < -0.4 is 5.32 Å². The molecule has 2 rings (SSSR count). The Labute approximate surface area is 162 Å². The molecule has 0 aliphatic rings. The molecule has 138 valence electrons. The summed E-state index contributed by atoms with van der Waals surface area (Å²) in [5, 5.41) is 15.4. The summed E-state index contributed by atoms with van der Waals surface area (Å²) < 4.78 is 4.86. The van der Waals surface area contributed by atoms with Crippen molar-refractivity contribution in [3.63, 3.8) is 0 Å². The molecule has 7 nitrogen and oxygen atoms in total. The fraction of sp³-hybridized carbons (Fsp3) is 0.250. The average molecular weight is 415 g/mol. The summed E-state index contributed by atoms with van der Waals surface area (Å²) in [4.78, 5) is 34.9. The topological polar surface area (TPSA) is 98.5 Å². The largest absolute Gasteiger partial charge is 0.452 e. The standard InChI is InChI=1S/C16H15ClN2O5S2/c17-13-4-3-11(8-14(13)19(22)23)16(21)24-9-15(20)18-5-7-25-10-12-2-1-6-26-12/h1-4,6,8H,5,7,9-10H2,(H,18,20). The second-order valence-corrected chi connectivity index (χ2v) is 7.53. The lowest BCUT2D eigenvalue weighted by molar-refractivity contribution is -0.384. The summed E-state index contributed by atoms with van der Waals surface area (Å²) in [7, 11) is 0. The lowest BCUT2D eigenvalue weighted by Crippen LogP contribution is -2.30. The molecule has 10 heteroatoms. The predicted molar refractivity (Wildman–Crippen MR) is 102 cm³/mol. The van der Waals surface area contributed by atoms with Gasteiger partial charge in [-0.3, -0.25) is 14.9 Å². The van der Waals surface area contributed by atoms with E-state index < -0.39 is 29.1 Å². The van der Waals surface area contributed by atoms with Gasteiger partial charge in [0.05, 0.1) is 10.5 Å². The first-order valence-electron chi connectivity index (χ1n) is 7.45. The molecule has 0 atom stereocenters. The number of ether oxygens (including phenoxy) is 1. The smallest absolute Gasteiger partial charge is 0.338 e. The van der Waals surface area contributed by atoms with Crippen molar-refractivity contribution in [2.45, 2.75) is 5.75 Å². The molecule has 0 bridgehead atoms. The quantitative estimate of drug-likeness (QED) is 0.292. The van der Waals surface area contributed by atoms with Crippen LogP contribution >= 0.6 is 34.7 Å². The number of hydrogen-bond donors (Lipinski definition) is 1. The minimum atomic E-state index is -0.827. The lowest BCUT2D eigenvalue weighted by atomic mass is 10.2. The van der Waals surface area contributed by atoms with E-state index in [1.54, 1.807) is 23.1 Å². The van der Waals surface area contributed by atoms with Crippen LogP contribution in [-0.2, 0) is 15.3 Å². The van der Waals surface area contributed by atoms with Crippen molar-refractivity contribution in [1.29, 1.82) is 0 Å². The number of rotatable bonds is 9. The van der Waals surface area contributed by atoms with E-state index in [9.17, 15) is 19.7 Å². The van der Waals surface area contributed by atoms with Crippen molar-refractivity contribution in [3.8, 4) is 0 Å². The SMILES string of the molecule is O=C(COC(=O)c1ccc(Cl)c([N+](=O)[O-])c1)NCCSCc1cccs1. The first-order valence-corrected chi connectivity index (χ1v) is 9.86. The van der Waals surface area contributed by atoms with E-state index in [-0.39, 0.29) is 10.6 Å². The van der Waals surface area contributed by atoms with Crippen molar-refractivity contribution in [1.82, 2.24) is 5.32 Å². The first-order chi connectivity index (χ1) is 12.5. The highest BCUT2D eigenvalue weighted by Gasteiger charge is 2.17. The molecule has 2 aromatic rings. The van der Waals surface area contributed by atoms with Crippen LogP contribution in [0.15, 0.2) is 35.7 Å². The Morgan fingerprint density at radius 2 is 2.15 bits per heavy atom. The fourth-order valence-electron chi connectivity index (χ4n) is 1.88. The minimum Gasteiger partial charge on any atom is -0.452 e. The van der Waals surface area contributed by atoms with Gasteiger partial charge in [0.15, 0.2) is 6.61 Å². The van der Waals surface area contributed by atoms with Crippen molar-refractivity contribution >= 4 is 52.3 Å². The van der Waals surface area contributed by atoms with E-state index in [1.807, 2.05) is 11.4 Å². The second-order valence-electron chi connectivity index (χ2n) is 4.98. The van der Waals surface area contributed by atoms with Crippen LogP contribution in [0.1, 0.15) is 15.2 Å². The summed E-state index contributed by atoms with van der Waals surface area (Å²) in [6.45, 7) is 0.00366. The van der Waals surface area contributed by atoms with E-state index in [4.69, 9.17) is 16.3 Å². The Morgan fingerprint density at radius 1 is 1.35 bits per heavy atom. The van der Waals surface area contributed by atoms with Crippen molar-refractivity contribution in [2.75, 3.05) is 18.9 Å². The number of esters is 1. The highest BCUT2D eigenvalue weighted by Crippen LogP contribution is 2.25. The molecule has 1 heterocycles. The van der Waals surface area contributed by atoms with Gasteiger partial charge >= 0.3 is 5.97 Å². The van der Waals surface area contributed by atoms with Gasteiger partial charge in [0, 0.05) is 29.0 Å². The van der Waals surface area contributed by atoms with Gasteiger partial charge in [0.25, 0.3) is 11.6 Å². The van der Waals surface area contributed by atoms with Gasteiger partial charge in [-0.25, -0.2) is 4.79 Å². The number of thioether (sulfide) groups is 1. The Morgan fingerprint density at radius 3 is 2.85 bits per heavy atom. The van der Waals surface area contributed by atoms with Gasteiger partial charge in [-0.2, -0.15) is 11.8 Å². The number of nitrogens with zero attached hydrogens (tertiary/aromatic N) is 1. The number of benzene rings is 1. The van der Waals surface area contributed by atoms with Gasteiger partial charge in [-0.15, -0.1) is 11.3 Å². The Balaban J connectivity index is 1.69. The number of amides is 1. The fourth-order valence-corrected chi connectivity index (χ4v) is 3.76. The summed E-state index contributed by atoms with van der Waals surface area (Å²) in [6.07, 6.45) is 0. The van der Waals surface area contributed by atoms with Crippen LogP contribution in [0.5, 0.6) is 0 Å². The monoisotopic (exact) mass is 414 g/mol. The third-order valence-corrected chi connectivity index (χ3v) is 5.49. The van der Waals surface area contributed by atoms with Gasteiger partial charge in [-0.05, 0) is 23.6 Å². The van der Waals surface area contributed by atoms with E-state index in [0.717, 1.165) is 17.6 Å². The summed E-state index contributed by atoms with van der Waals surface area (Å²) in [5.74, 6) is 0.365. The first kappa shape index (κ1) is 20.2. The van der Waals surface area contributed by atoms with Crippen LogP contribution in [-0.4, -0.2) is 35.7 Å². The lowest BCUT2D eigenvalue weighted by Gasteiger charge is -2.07. The molecule has 1 aromatic carbocycles. The zero-order chi connectivity index (χ0) is 18.9. The van der Waals surface area contributed by atoms with Crippen LogP contribution in [0.4, 0.5) is 5.69 Å². The molecule has 1 aromatic heterocycles. The van der Waals surface area contributed by atoms with Crippen LogP contribution in [0.25, 0.3) is 0 Å². The number of carbonyl (C=O) groups excluding carboxylic acids is 2. The molecule has 1 N–H and O–H groups in total. The predicted octanol–water partition coefficient (Wildman–Crippen LogP) is 3.52. The molecule has 0 unspecified atom stereocenters. The normalized spacial score (nSPS) is 10.3. The van der Waals surface area contributed by atoms with E-state index in [1.165, 1.54) is 17.0 Å². The van der Waals surface area contributed by atoms with E-state index >= 15 is 0 Å². The van der Waals surface area contributed by atoms with Gasteiger partial charge < -0.3 is 10.1 Å². The Hall–Kier alpha value is -2.10.